The summed E-state index contributed by atoms with van der Waals surface area (Å²) < 4.78 is 10.0. The first kappa shape index (κ1) is 17.3. The van der Waals surface area contributed by atoms with Crippen molar-refractivity contribution in [2.45, 2.75) is 12.8 Å². The maximum absolute atomic E-state index is 12.6. The molecule has 0 fully saturated rings. The molecule has 0 radical (unpaired) electrons. The van der Waals surface area contributed by atoms with E-state index in [1.165, 1.54) is 7.11 Å². The number of hydrogen-bond donors (Lipinski definition) is 1. The number of methoxy groups -OCH3 is 1. The first-order valence-electron chi connectivity index (χ1n) is 7.54. The topological polar surface area (TPSA) is 68.7 Å². The molecule has 1 unspecified atom stereocenters. The van der Waals surface area contributed by atoms with Gasteiger partial charge in [0.1, 0.15) is 5.92 Å². The zero-order valence-corrected chi connectivity index (χ0v) is 13.6. The lowest BCUT2D eigenvalue weighted by molar-refractivity contribution is -0.143. The van der Waals surface area contributed by atoms with Crippen molar-refractivity contribution in [3.05, 3.63) is 77.7 Å². The average Bonchev–Trinajstić information content (AvgIpc) is 2.63. The van der Waals surface area contributed by atoms with E-state index in [-0.39, 0.29) is 6.61 Å². The van der Waals surface area contributed by atoms with Gasteiger partial charge in [-0.05, 0) is 30.4 Å². The highest BCUT2D eigenvalue weighted by Crippen LogP contribution is 2.32. The Morgan fingerprint density at radius 2 is 1.92 bits per heavy atom. The number of aliphatic hydroxyl groups excluding tert-OH is 1. The van der Waals surface area contributed by atoms with E-state index in [9.17, 15) is 9.90 Å². The van der Waals surface area contributed by atoms with Crippen LogP contribution in [0.25, 0.3) is 5.57 Å². The van der Waals surface area contributed by atoms with Gasteiger partial charge in [0.25, 0.3) is 0 Å². The van der Waals surface area contributed by atoms with Gasteiger partial charge in [-0.25, -0.2) is 0 Å². The fraction of sp³-hybridized carbons (Fsp3) is 0.211. The molecule has 1 heterocycles. The van der Waals surface area contributed by atoms with Crippen LogP contribution in [0.5, 0.6) is 0 Å². The quantitative estimate of drug-likeness (QED) is 0.500. The molecule has 5 nitrogen and oxygen atoms in total. The maximum Gasteiger partial charge on any atom is 0.325 e. The van der Waals surface area contributed by atoms with E-state index in [4.69, 9.17) is 9.47 Å². The van der Waals surface area contributed by atoms with Gasteiger partial charge in [0.15, 0.2) is 0 Å². The summed E-state index contributed by atoms with van der Waals surface area (Å²) in [5.74, 6) is -1.71. The van der Waals surface area contributed by atoms with E-state index in [1.807, 2.05) is 30.3 Å². The standard InChI is InChI=1S/C19H19NO4/c1-3-24-19(22)18(16-11-7-8-12-20-16)15(13-17(21)23-2)14-9-5-4-6-10-14/h4-12,18,21H,3H2,1-2H3. The molecule has 0 spiro atoms. The van der Waals surface area contributed by atoms with Gasteiger partial charge in [-0.2, -0.15) is 0 Å². The molecule has 0 aliphatic heterocycles. The highest BCUT2D eigenvalue weighted by Gasteiger charge is 2.29. The molecule has 1 aromatic heterocycles. The van der Waals surface area contributed by atoms with E-state index in [2.05, 4.69) is 10.7 Å². The fourth-order valence-corrected chi connectivity index (χ4v) is 2.25. The Kier molecular flexibility index (Phi) is 6.17. The Balaban J connectivity index is 2.66. The minimum Gasteiger partial charge on any atom is -0.475 e. The van der Waals surface area contributed by atoms with Crippen LogP contribution < -0.4 is 0 Å². The lowest BCUT2D eigenvalue weighted by atomic mass is 9.90. The smallest absolute Gasteiger partial charge is 0.325 e. The number of aromatic nitrogens is 1. The normalized spacial score (nSPS) is 11.1. The minimum atomic E-state index is -0.828. The second-order valence-corrected chi connectivity index (χ2v) is 4.85. The van der Waals surface area contributed by atoms with Crippen molar-refractivity contribution in [3.63, 3.8) is 0 Å². The number of hydrogen-bond acceptors (Lipinski definition) is 5. The third-order valence-electron chi connectivity index (χ3n) is 3.31. The van der Waals surface area contributed by atoms with Crippen LogP contribution in [0.3, 0.4) is 0 Å². The molecule has 2 aromatic rings. The van der Waals surface area contributed by atoms with Crippen molar-refractivity contribution >= 4 is 11.5 Å². The van der Waals surface area contributed by atoms with Crippen LogP contribution in [0.15, 0.2) is 66.4 Å². The first-order valence-corrected chi connectivity index (χ1v) is 7.54. The minimum absolute atomic E-state index is 0.240. The van der Waals surface area contributed by atoms with Gasteiger partial charge >= 0.3 is 11.9 Å². The number of carbonyl (C=O) groups excluding carboxylic acids is 1. The van der Waals surface area contributed by atoms with Crippen LogP contribution in [-0.2, 0) is 14.3 Å². The molecule has 0 aliphatic rings. The molecule has 1 aromatic carbocycles. The summed E-state index contributed by atoms with van der Waals surface area (Å²) in [7, 11) is 1.32. The summed E-state index contributed by atoms with van der Waals surface area (Å²) in [4.78, 5) is 16.8. The highest BCUT2D eigenvalue weighted by atomic mass is 16.6. The summed E-state index contributed by atoms with van der Waals surface area (Å²) >= 11 is 0. The number of ether oxygens (including phenoxy) is 2. The Hall–Kier alpha value is -3.04. The Morgan fingerprint density at radius 3 is 2.50 bits per heavy atom. The van der Waals surface area contributed by atoms with Gasteiger partial charge in [-0.1, -0.05) is 36.4 Å². The van der Waals surface area contributed by atoms with Gasteiger partial charge in [0.05, 0.1) is 19.4 Å². The molecular formula is C19H19NO4. The van der Waals surface area contributed by atoms with Crippen LogP contribution in [0.4, 0.5) is 0 Å². The second kappa shape index (κ2) is 8.56. The molecule has 0 bridgehead atoms. The van der Waals surface area contributed by atoms with Gasteiger partial charge in [0, 0.05) is 11.8 Å². The molecule has 0 saturated carbocycles. The summed E-state index contributed by atoms with van der Waals surface area (Å²) in [6.07, 6.45) is 1.60. The van der Waals surface area contributed by atoms with Gasteiger partial charge in [-0.15, -0.1) is 0 Å². The van der Waals surface area contributed by atoms with Gasteiger partial charge in [-0.3, -0.25) is 9.78 Å². The Labute approximate surface area is 140 Å². The van der Waals surface area contributed by atoms with Crippen molar-refractivity contribution in [1.29, 1.82) is 0 Å². The largest absolute Gasteiger partial charge is 0.475 e. The predicted octanol–water partition coefficient (Wildman–Crippen LogP) is 3.46. The fourth-order valence-electron chi connectivity index (χ4n) is 2.25. The summed E-state index contributed by atoms with van der Waals surface area (Å²) in [5, 5.41) is 9.79. The van der Waals surface area contributed by atoms with Crippen molar-refractivity contribution in [1.82, 2.24) is 4.98 Å². The third kappa shape index (κ3) is 4.24. The molecule has 1 N–H and O–H groups in total. The van der Waals surface area contributed by atoms with Crippen LogP contribution in [0, 0.1) is 0 Å². The van der Waals surface area contributed by atoms with Crippen molar-refractivity contribution in [2.24, 2.45) is 0 Å². The lowest BCUT2D eigenvalue weighted by Gasteiger charge is -2.17. The number of rotatable bonds is 6. The van der Waals surface area contributed by atoms with Crippen LogP contribution in [0.2, 0.25) is 0 Å². The van der Waals surface area contributed by atoms with Gasteiger partial charge < -0.3 is 14.6 Å². The molecule has 24 heavy (non-hydrogen) atoms. The monoisotopic (exact) mass is 325 g/mol. The lowest BCUT2D eigenvalue weighted by Crippen LogP contribution is -2.18. The number of carbonyl (C=O) groups is 1. The Bertz CT molecular complexity index is 734. The first-order chi connectivity index (χ1) is 11.7. The van der Waals surface area contributed by atoms with E-state index < -0.39 is 17.8 Å². The number of pyridine rings is 1. The molecule has 1 atom stereocenters. The third-order valence-corrected chi connectivity index (χ3v) is 3.31. The number of aliphatic hydroxyl groups is 1. The zero-order chi connectivity index (χ0) is 17.4. The number of nitrogens with zero attached hydrogens (tertiary/aromatic N) is 1. The SMILES string of the molecule is CCOC(=O)C(C(=C=C(O)OC)c1ccccc1)c1ccccn1. The highest BCUT2D eigenvalue weighted by molar-refractivity contribution is 5.93. The molecule has 0 saturated heterocycles. The van der Waals surface area contributed by atoms with Crippen LogP contribution >= 0.6 is 0 Å². The second-order valence-electron chi connectivity index (χ2n) is 4.85. The van der Waals surface area contributed by atoms with Crippen molar-refractivity contribution in [3.8, 4) is 0 Å². The molecule has 0 amide bonds. The summed E-state index contributed by atoms with van der Waals surface area (Å²) in [6.45, 7) is 1.98. The Morgan fingerprint density at radius 1 is 1.21 bits per heavy atom. The van der Waals surface area contributed by atoms with E-state index in [0.29, 0.717) is 16.8 Å². The molecule has 5 heteroatoms. The predicted molar refractivity (Wildman–Crippen MR) is 90.1 cm³/mol. The zero-order valence-electron chi connectivity index (χ0n) is 13.6. The molecular weight excluding hydrogens is 306 g/mol. The average molecular weight is 325 g/mol. The van der Waals surface area contributed by atoms with Crippen molar-refractivity contribution in [2.75, 3.05) is 13.7 Å². The summed E-state index contributed by atoms with van der Waals surface area (Å²) in [6, 6.07) is 14.5. The molecule has 124 valence electrons. The number of benzene rings is 1. The summed E-state index contributed by atoms with van der Waals surface area (Å²) in [5.41, 5.74) is 4.39. The van der Waals surface area contributed by atoms with Crippen LogP contribution in [-0.4, -0.2) is 29.8 Å². The van der Waals surface area contributed by atoms with Crippen molar-refractivity contribution < 1.29 is 19.4 Å². The molecule has 2 rings (SSSR count). The van der Waals surface area contributed by atoms with E-state index in [0.717, 1.165) is 0 Å². The molecule has 0 aliphatic carbocycles. The number of esters is 1. The van der Waals surface area contributed by atoms with E-state index >= 15 is 0 Å². The van der Waals surface area contributed by atoms with Gasteiger partial charge in [0.2, 0.25) is 0 Å². The van der Waals surface area contributed by atoms with Crippen LogP contribution in [0.1, 0.15) is 24.1 Å². The van der Waals surface area contributed by atoms with E-state index in [1.54, 1.807) is 31.3 Å². The maximum atomic E-state index is 12.6.